The summed E-state index contributed by atoms with van der Waals surface area (Å²) in [6.45, 7) is 0.663. The molecule has 41 heavy (non-hydrogen) atoms. The van der Waals surface area contributed by atoms with Crippen molar-refractivity contribution in [3.8, 4) is 28.4 Å². The number of aromatic nitrogens is 1. The van der Waals surface area contributed by atoms with E-state index in [1.54, 1.807) is 18.1 Å². The number of thiocarbonyl (C=S) groups is 1. The van der Waals surface area contributed by atoms with Crippen molar-refractivity contribution in [2.45, 2.75) is 6.42 Å². The normalized spacial score (nSPS) is 14.2. The Morgan fingerprint density at radius 1 is 1.07 bits per heavy atom. The average Bonchev–Trinajstić information content (AvgIpc) is 3.55. The van der Waals surface area contributed by atoms with Gasteiger partial charge in [-0.15, -0.1) is 0 Å². The third-order valence-electron chi connectivity index (χ3n) is 6.59. The number of carbonyl (C=O) groups is 2. The molecular weight excluding hydrogens is 562 g/mol. The Hall–Kier alpha value is -4.48. The molecule has 210 valence electrons. The fourth-order valence-corrected chi connectivity index (χ4v) is 5.87. The van der Waals surface area contributed by atoms with Gasteiger partial charge >= 0.3 is 5.97 Å². The van der Waals surface area contributed by atoms with Gasteiger partial charge in [-0.25, -0.2) is 4.79 Å². The highest BCUT2D eigenvalue weighted by atomic mass is 32.2. The first-order valence-corrected chi connectivity index (χ1v) is 13.9. The van der Waals surface area contributed by atoms with E-state index >= 15 is 0 Å². The number of nitrogens with two attached hydrogens (primary N) is 1. The van der Waals surface area contributed by atoms with Gasteiger partial charge in [0.05, 0.1) is 42.5 Å². The molecule has 1 aliphatic heterocycles. The Labute approximate surface area is 245 Å². The molecule has 1 saturated heterocycles. The lowest BCUT2D eigenvalue weighted by Gasteiger charge is -2.15. The van der Waals surface area contributed by atoms with Crippen LogP contribution in [0.15, 0.2) is 65.7 Å². The van der Waals surface area contributed by atoms with Gasteiger partial charge in [0.25, 0.3) is 5.91 Å². The Morgan fingerprint density at radius 2 is 1.85 bits per heavy atom. The van der Waals surface area contributed by atoms with Gasteiger partial charge in [0.15, 0.2) is 11.5 Å². The van der Waals surface area contributed by atoms with Gasteiger partial charge in [0.2, 0.25) is 0 Å². The summed E-state index contributed by atoms with van der Waals surface area (Å²) in [5.74, 6) is 0.228. The number of aromatic carboxylic acids is 1. The largest absolute Gasteiger partial charge is 0.496 e. The minimum Gasteiger partial charge on any atom is -0.496 e. The lowest BCUT2D eigenvalue weighted by molar-refractivity contribution is -0.122. The molecule has 1 fully saturated rings. The van der Waals surface area contributed by atoms with E-state index in [-0.39, 0.29) is 18.1 Å². The third kappa shape index (κ3) is 5.86. The van der Waals surface area contributed by atoms with Crippen LogP contribution in [-0.2, 0) is 4.79 Å². The maximum absolute atomic E-state index is 13.2. The van der Waals surface area contributed by atoms with E-state index in [2.05, 4.69) is 4.98 Å². The second-order valence-corrected chi connectivity index (χ2v) is 10.8. The van der Waals surface area contributed by atoms with Crippen LogP contribution in [0.2, 0.25) is 0 Å². The summed E-state index contributed by atoms with van der Waals surface area (Å²) in [7, 11) is 3.06. The number of amides is 1. The maximum Gasteiger partial charge on any atom is 0.335 e. The molecule has 4 aromatic rings. The Kier molecular flexibility index (Phi) is 8.18. The fourth-order valence-electron chi connectivity index (χ4n) is 4.57. The maximum atomic E-state index is 13.2. The number of nitrogens with zero attached hydrogens (tertiary/aromatic N) is 1. The van der Waals surface area contributed by atoms with Crippen LogP contribution in [0.4, 0.5) is 5.69 Å². The molecule has 0 bridgehead atoms. The number of carboxylic acid groups (broad SMARTS) is 1. The number of hydrogen-bond donors (Lipinski definition) is 3. The molecule has 1 aromatic heterocycles. The number of hydrogen-bond acceptors (Lipinski definition) is 8. The number of nitrogen functional groups attached to an aromatic ring is 1. The monoisotopic (exact) mass is 589 g/mol. The Balaban J connectivity index is 1.28. The van der Waals surface area contributed by atoms with Crippen LogP contribution in [-0.4, -0.2) is 58.6 Å². The van der Waals surface area contributed by atoms with Crippen LogP contribution in [0.25, 0.3) is 28.1 Å². The second kappa shape index (κ2) is 11.9. The molecule has 9 nitrogen and oxygen atoms in total. The van der Waals surface area contributed by atoms with Crippen molar-refractivity contribution in [3.63, 3.8) is 0 Å². The van der Waals surface area contributed by atoms with E-state index < -0.39 is 5.97 Å². The summed E-state index contributed by atoms with van der Waals surface area (Å²) >= 11 is 6.75. The average molecular weight is 590 g/mol. The quantitative estimate of drug-likeness (QED) is 0.0910. The smallest absolute Gasteiger partial charge is 0.335 e. The van der Waals surface area contributed by atoms with Crippen LogP contribution >= 0.6 is 24.0 Å². The molecule has 0 spiro atoms. The first-order chi connectivity index (χ1) is 19.8. The fraction of sp³-hybridized carbons (Fsp3) is 0.167. The number of thioether (sulfide) groups is 1. The number of rotatable bonds is 10. The number of fused-ring (bicyclic) bond motifs is 1. The lowest BCUT2D eigenvalue weighted by Crippen LogP contribution is -2.29. The highest BCUT2D eigenvalue weighted by Gasteiger charge is 2.31. The molecule has 0 aliphatic carbocycles. The van der Waals surface area contributed by atoms with E-state index in [1.165, 1.54) is 31.0 Å². The molecule has 3 aromatic carbocycles. The molecule has 11 heteroatoms. The van der Waals surface area contributed by atoms with Gasteiger partial charge in [0, 0.05) is 23.7 Å². The number of H-pyrrole nitrogens is 1. The first kappa shape index (κ1) is 28.1. The van der Waals surface area contributed by atoms with E-state index in [0.717, 1.165) is 27.6 Å². The van der Waals surface area contributed by atoms with Crippen LogP contribution in [0.5, 0.6) is 17.2 Å². The number of aromatic amines is 1. The zero-order chi connectivity index (χ0) is 29.1. The number of anilines is 1. The van der Waals surface area contributed by atoms with Gasteiger partial charge in [0.1, 0.15) is 10.1 Å². The van der Waals surface area contributed by atoms with Gasteiger partial charge in [-0.1, -0.05) is 30.0 Å². The molecule has 2 heterocycles. The lowest BCUT2D eigenvalue weighted by atomic mass is 9.99. The number of methoxy groups -OCH3 is 2. The summed E-state index contributed by atoms with van der Waals surface area (Å²) in [4.78, 5) is 29.6. The van der Waals surface area contributed by atoms with Crippen LogP contribution in [0.3, 0.4) is 0 Å². The van der Waals surface area contributed by atoms with Gasteiger partial charge in [-0.2, -0.15) is 0 Å². The predicted octanol–water partition coefficient (Wildman–Crippen LogP) is 5.80. The number of benzene rings is 3. The molecule has 0 saturated carbocycles. The minimum absolute atomic E-state index is 0.105. The predicted molar refractivity (Wildman–Crippen MR) is 165 cm³/mol. The highest BCUT2D eigenvalue weighted by molar-refractivity contribution is 8.26. The van der Waals surface area contributed by atoms with E-state index in [1.807, 2.05) is 48.7 Å². The van der Waals surface area contributed by atoms with Gasteiger partial charge in [-0.05, 0) is 72.2 Å². The Bertz CT molecular complexity index is 1700. The first-order valence-electron chi connectivity index (χ1n) is 12.6. The summed E-state index contributed by atoms with van der Waals surface area (Å²) in [6.07, 6.45) is 4.19. The van der Waals surface area contributed by atoms with Crippen molar-refractivity contribution < 1.29 is 28.9 Å². The zero-order valence-corrected chi connectivity index (χ0v) is 23.9. The van der Waals surface area contributed by atoms with Crippen LogP contribution in [0, 0.1) is 0 Å². The summed E-state index contributed by atoms with van der Waals surface area (Å²) in [5.41, 5.74) is 10.5. The molecule has 0 radical (unpaired) electrons. The van der Waals surface area contributed by atoms with Crippen molar-refractivity contribution in [2.75, 3.05) is 33.1 Å². The van der Waals surface area contributed by atoms with Crippen molar-refractivity contribution in [3.05, 3.63) is 76.8 Å². The highest BCUT2D eigenvalue weighted by Crippen LogP contribution is 2.37. The number of carboxylic acids is 1. The van der Waals surface area contributed by atoms with Gasteiger partial charge < -0.3 is 30.0 Å². The number of carbonyl (C=O) groups excluding carboxylic acids is 1. The molecule has 4 N–H and O–H groups in total. The zero-order valence-electron chi connectivity index (χ0n) is 22.3. The second-order valence-electron chi connectivity index (χ2n) is 9.17. The molecule has 1 aliphatic rings. The molecule has 1 amide bonds. The number of ether oxygens (including phenoxy) is 3. The van der Waals surface area contributed by atoms with Crippen molar-refractivity contribution in [1.29, 1.82) is 0 Å². The van der Waals surface area contributed by atoms with E-state index in [0.29, 0.717) is 45.1 Å². The standard InChI is InChI=1S/C30H27N3O6S2/c1-37-23-6-4-17(12-21(23)20-14-18-8-9-32-27(18)22(31)15-20)13-26-28(34)33(30(40)41-26)10-3-11-39-24-7-5-19(29(35)36)16-25(24)38-2/h4-9,12-16,32H,3,10-11,31H2,1-2H3,(H,35,36). The Morgan fingerprint density at radius 3 is 2.61 bits per heavy atom. The third-order valence-corrected chi connectivity index (χ3v) is 7.97. The number of nitrogens with one attached hydrogen (secondary N) is 1. The summed E-state index contributed by atoms with van der Waals surface area (Å²) in [5, 5.41) is 10.2. The van der Waals surface area contributed by atoms with Crippen molar-refractivity contribution in [1.82, 2.24) is 9.88 Å². The van der Waals surface area contributed by atoms with Crippen LogP contribution in [0.1, 0.15) is 22.3 Å². The molecule has 0 atom stereocenters. The van der Waals surface area contributed by atoms with E-state index in [4.69, 9.17) is 37.3 Å². The molecule has 5 rings (SSSR count). The van der Waals surface area contributed by atoms with Gasteiger partial charge in [-0.3, -0.25) is 9.69 Å². The summed E-state index contributed by atoms with van der Waals surface area (Å²) in [6, 6.07) is 16.0. The topological polar surface area (TPSA) is 127 Å². The van der Waals surface area contributed by atoms with E-state index in [9.17, 15) is 9.59 Å². The minimum atomic E-state index is -1.05. The SMILES string of the molecule is COc1cc(C(=O)O)ccc1OCCCN1C(=O)C(=Cc2ccc(OC)c(-c3cc(N)c4[nH]ccc4c3)c2)SC1=S. The van der Waals surface area contributed by atoms with Crippen molar-refractivity contribution in [2.24, 2.45) is 0 Å². The summed E-state index contributed by atoms with van der Waals surface area (Å²) < 4.78 is 17.1. The molecular formula is C30H27N3O6S2. The molecule has 0 unspecified atom stereocenters. The van der Waals surface area contributed by atoms with Crippen molar-refractivity contribution >= 4 is 62.8 Å². The van der Waals surface area contributed by atoms with Crippen LogP contribution < -0.4 is 19.9 Å².